The summed E-state index contributed by atoms with van der Waals surface area (Å²) in [7, 11) is 0. The highest BCUT2D eigenvalue weighted by molar-refractivity contribution is 7.99. The average molecular weight is 424 g/mol. The maximum Gasteiger partial charge on any atom is 0.321 e. The molecule has 0 atom stereocenters. The number of carbonyl (C=O) groups is 2. The Hall–Kier alpha value is -3.13. The van der Waals surface area contributed by atoms with E-state index in [9.17, 15) is 9.59 Å². The van der Waals surface area contributed by atoms with Gasteiger partial charge in [-0.2, -0.15) is 0 Å². The summed E-state index contributed by atoms with van der Waals surface area (Å²) in [5.74, 6) is 0.364. The highest BCUT2D eigenvalue weighted by Gasteiger charge is 2.18. The van der Waals surface area contributed by atoms with Crippen molar-refractivity contribution in [1.82, 2.24) is 25.4 Å². The normalized spacial score (nSPS) is 10.6. The van der Waals surface area contributed by atoms with Gasteiger partial charge in [-0.3, -0.25) is 14.7 Å². The van der Waals surface area contributed by atoms with Crippen LogP contribution in [0.15, 0.2) is 53.7 Å². The van der Waals surface area contributed by atoms with Crippen LogP contribution in [0, 0.1) is 13.8 Å². The van der Waals surface area contributed by atoms with Gasteiger partial charge in [0, 0.05) is 17.8 Å². The standard InChI is InChI=1S/C22H25N5O2S/c1-4-13-23-21(29)24-19(28)14-30-22-26-25-20(17-9-5-15(2)6-10-17)27(22)18-11-7-16(3)8-12-18/h5-12H,4,13-14H2,1-3H3,(H2,23,24,28,29). The lowest BCUT2D eigenvalue weighted by atomic mass is 10.1. The molecule has 30 heavy (non-hydrogen) atoms. The highest BCUT2D eigenvalue weighted by atomic mass is 32.2. The number of nitrogens with one attached hydrogen (secondary N) is 2. The molecule has 0 saturated heterocycles. The molecule has 1 aromatic heterocycles. The van der Waals surface area contributed by atoms with Crippen LogP contribution in [0.1, 0.15) is 24.5 Å². The smallest absolute Gasteiger partial charge is 0.321 e. The number of aryl methyl sites for hydroxylation is 2. The monoisotopic (exact) mass is 423 g/mol. The molecule has 0 aliphatic heterocycles. The van der Waals surface area contributed by atoms with E-state index in [1.165, 1.54) is 11.8 Å². The first-order valence-corrected chi connectivity index (χ1v) is 10.8. The molecule has 0 radical (unpaired) electrons. The molecule has 0 fully saturated rings. The Kier molecular flexibility index (Phi) is 7.24. The fourth-order valence-electron chi connectivity index (χ4n) is 2.76. The summed E-state index contributed by atoms with van der Waals surface area (Å²) < 4.78 is 1.93. The van der Waals surface area contributed by atoms with E-state index in [2.05, 4.69) is 20.8 Å². The van der Waals surface area contributed by atoms with Crippen molar-refractivity contribution in [2.24, 2.45) is 0 Å². The highest BCUT2D eigenvalue weighted by Crippen LogP contribution is 2.28. The van der Waals surface area contributed by atoms with E-state index in [4.69, 9.17) is 0 Å². The van der Waals surface area contributed by atoms with Crippen molar-refractivity contribution in [1.29, 1.82) is 0 Å². The van der Waals surface area contributed by atoms with Crippen LogP contribution >= 0.6 is 11.8 Å². The van der Waals surface area contributed by atoms with Crippen LogP contribution in [0.5, 0.6) is 0 Å². The summed E-state index contributed by atoms with van der Waals surface area (Å²) in [6, 6.07) is 15.6. The van der Waals surface area contributed by atoms with Crippen molar-refractivity contribution in [3.63, 3.8) is 0 Å². The minimum Gasteiger partial charge on any atom is -0.338 e. The number of hydrogen-bond acceptors (Lipinski definition) is 5. The van der Waals surface area contributed by atoms with Gasteiger partial charge in [-0.25, -0.2) is 4.79 Å². The maximum atomic E-state index is 12.1. The Bertz CT molecular complexity index is 1010. The molecule has 2 aromatic carbocycles. The number of rotatable bonds is 7. The summed E-state index contributed by atoms with van der Waals surface area (Å²) in [5, 5.41) is 14.2. The predicted octanol–water partition coefficient (Wildman–Crippen LogP) is 3.88. The fraction of sp³-hybridized carbons (Fsp3) is 0.273. The molecule has 0 saturated carbocycles. The van der Waals surface area contributed by atoms with Crippen LogP contribution in [0.3, 0.4) is 0 Å². The van der Waals surface area contributed by atoms with E-state index in [-0.39, 0.29) is 11.7 Å². The second-order valence-corrected chi connectivity index (χ2v) is 7.88. The van der Waals surface area contributed by atoms with Gasteiger partial charge in [0.15, 0.2) is 11.0 Å². The van der Waals surface area contributed by atoms with Gasteiger partial charge in [-0.15, -0.1) is 10.2 Å². The first-order chi connectivity index (χ1) is 14.5. The number of hydrogen-bond donors (Lipinski definition) is 2. The van der Waals surface area contributed by atoms with Gasteiger partial charge in [0.1, 0.15) is 0 Å². The molecule has 3 amide bonds. The fourth-order valence-corrected chi connectivity index (χ4v) is 3.51. The van der Waals surface area contributed by atoms with E-state index in [0.29, 0.717) is 17.5 Å². The van der Waals surface area contributed by atoms with Crippen molar-refractivity contribution >= 4 is 23.7 Å². The minimum atomic E-state index is -0.484. The quantitative estimate of drug-likeness (QED) is 0.563. The maximum absolute atomic E-state index is 12.1. The molecule has 156 valence electrons. The number of aromatic nitrogens is 3. The second kappa shape index (κ2) is 10.1. The third-order valence-electron chi connectivity index (χ3n) is 4.36. The topological polar surface area (TPSA) is 88.9 Å². The zero-order valence-electron chi connectivity index (χ0n) is 17.3. The number of urea groups is 1. The molecule has 0 bridgehead atoms. The first kappa shape index (κ1) is 21.6. The predicted molar refractivity (Wildman–Crippen MR) is 119 cm³/mol. The lowest BCUT2D eigenvalue weighted by Crippen LogP contribution is -2.40. The Morgan fingerprint density at radius 1 is 0.967 bits per heavy atom. The van der Waals surface area contributed by atoms with Gasteiger partial charge in [-0.05, 0) is 32.4 Å². The first-order valence-electron chi connectivity index (χ1n) is 9.78. The summed E-state index contributed by atoms with van der Waals surface area (Å²) in [6.07, 6.45) is 0.803. The Balaban J connectivity index is 1.84. The van der Waals surface area contributed by atoms with Crippen molar-refractivity contribution in [3.8, 4) is 17.1 Å². The van der Waals surface area contributed by atoms with Crippen molar-refractivity contribution in [3.05, 3.63) is 59.7 Å². The van der Waals surface area contributed by atoms with Gasteiger partial charge in [0.05, 0.1) is 5.75 Å². The van der Waals surface area contributed by atoms with E-state index >= 15 is 0 Å². The lowest BCUT2D eigenvalue weighted by molar-refractivity contribution is -0.117. The zero-order valence-corrected chi connectivity index (χ0v) is 18.1. The molecule has 2 N–H and O–H groups in total. The summed E-state index contributed by atoms with van der Waals surface area (Å²) >= 11 is 1.24. The Labute approximate surface area is 180 Å². The average Bonchev–Trinajstić information content (AvgIpc) is 3.16. The van der Waals surface area contributed by atoms with E-state index in [0.717, 1.165) is 28.8 Å². The van der Waals surface area contributed by atoms with Crippen LogP contribution in [-0.2, 0) is 4.79 Å². The summed E-state index contributed by atoms with van der Waals surface area (Å²) in [4.78, 5) is 23.8. The number of nitrogens with zero attached hydrogens (tertiary/aromatic N) is 3. The third-order valence-corrected chi connectivity index (χ3v) is 5.29. The largest absolute Gasteiger partial charge is 0.338 e. The van der Waals surface area contributed by atoms with Crippen LogP contribution in [-0.4, -0.2) is 39.0 Å². The molecule has 8 heteroatoms. The minimum absolute atomic E-state index is 0.0530. The van der Waals surface area contributed by atoms with Crippen molar-refractivity contribution in [2.75, 3.05) is 12.3 Å². The van der Waals surface area contributed by atoms with Gasteiger partial charge in [0.2, 0.25) is 5.91 Å². The molecule has 1 heterocycles. The van der Waals surface area contributed by atoms with Crippen molar-refractivity contribution < 1.29 is 9.59 Å². The second-order valence-electron chi connectivity index (χ2n) is 6.94. The number of thioether (sulfide) groups is 1. The molecule has 0 spiro atoms. The molecular formula is C22H25N5O2S. The van der Waals surface area contributed by atoms with Gasteiger partial charge >= 0.3 is 6.03 Å². The molecular weight excluding hydrogens is 398 g/mol. The van der Waals surface area contributed by atoms with Crippen LogP contribution in [0.2, 0.25) is 0 Å². The number of amides is 3. The molecule has 3 aromatic rings. The molecule has 0 unspecified atom stereocenters. The SMILES string of the molecule is CCCNC(=O)NC(=O)CSc1nnc(-c2ccc(C)cc2)n1-c1ccc(C)cc1. The summed E-state index contributed by atoms with van der Waals surface area (Å²) in [6.45, 7) is 6.53. The molecule has 0 aliphatic rings. The molecule has 0 aliphatic carbocycles. The summed E-state index contributed by atoms with van der Waals surface area (Å²) in [5.41, 5.74) is 4.15. The van der Waals surface area contributed by atoms with Gasteiger partial charge < -0.3 is 5.32 Å². The third kappa shape index (κ3) is 5.48. The number of benzene rings is 2. The van der Waals surface area contributed by atoms with E-state index in [1.54, 1.807) is 0 Å². The zero-order chi connectivity index (χ0) is 21.5. The van der Waals surface area contributed by atoms with Crippen LogP contribution in [0.4, 0.5) is 4.79 Å². The molecule has 3 rings (SSSR count). The lowest BCUT2D eigenvalue weighted by Gasteiger charge is -2.11. The van der Waals surface area contributed by atoms with Gasteiger partial charge in [0.25, 0.3) is 0 Å². The van der Waals surface area contributed by atoms with Crippen LogP contribution < -0.4 is 10.6 Å². The molecule has 7 nitrogen and oxygen atoms in total. The van der Waals surface area contributed by atoms with Gasteiger partial charge in [-0.1, -0.05) is 66.2 Å². The Morgan fingerprint density at radius 3 is 2.23 bits per heavy atom. The van der Waals surface area contributed by atoms with Crippen molar-refractivity contribution in [2.45, 2.75) is 32.3 Å². The van der Waals surface area contributed by atoms with E-state index in [1.807, 2.05) is 73.9 Å². The number of imide groups is 1. The number of carbonyl (C=O) groups excluding carboxylic acids is 2. The van der Waals surface area contributed by atoms with E-state index < -0.39 is 6.03 Å². The Morgan fingerprint density at radius 2 is 1.60 bits per heavy atom. The van der Waals surface area contributed by atoms with Crippen LogP contribution in [0.25, 0.3) is 17.1 Å².